The van der Waals surface area contributed by atoms with E-state index in [4.69, 9.17) is 14.6 Å². The summed E-state index contributed by atoms with van der Waals surface area (Å²) in [4.78, 5) is 11.1. The fourth-order valence-corrected chi connectivity index (χ4v) is 3.06. The lowest BCUT2D eigenvalue weighted by molar-refractivity contribution is -0.140. The number of hydrogen-bond donors (Lipinski definition) is 1. The van der Waals surface area contributed by atoms with Crippen molar-refractivity contribution in [3.8, 4) is 5.75 Å². The Hall–Kier alpha value is -1.55. The third-order valence-corrected chi connectivity index (χ3v) is 4.68. The van der Waals surface area contributed by atoms with Gasteiger partial charge >= 0.3 is 5.97 Å². The topological polar surface area (TPSA) is 55.8 Å². The molecule has 0 aliphatic heterocycles. The summed E-state index contributed by atoms with van der Waals surface area (Å²) < 4.78 is 11.0. The fraction of sp³-hybridized carbons (Fsp3) is 0.682. The molecule has 1 unspecified atom stereocenters. The maximum Gasteiger partial charge on any atom is 0.305 e. The Labute approximate surface area is 158 Å². The minimum Gasteiger partial charge on any atom is -0.497 e. The normalized spacial score (nSPS) is 12.1. The number of methoxy groups -OCH3 is 1. The molecule has 4 heteroatoms. The van der Waals surface area contributed by atoms with Crippen LogP contribution in [0, 0.1) is 0 Å². The first-order chi connectivity index (χ1) is 12.7. The molecule has 1 N–H and O–H groups in total. The van der Waals surface area contributed by atoms with E-state index >= 15 is 0 Å². The van der Waals surface area contributed by atoms with Gasteiger partial charge in [0.2, 0.25) is 0 Å². The predicted octanol–water partition coefficient (Wildman–Crippen LogP) is 5.98. The Bertz CT molecular complexity index is 470. The van der Waals surface area contributed by atoms with Crippen LogP contribution in [0.2, 0.25) is 0 Å². The van der Waals surface area contributed by atoms with Crippen molar-refractivity contribution in [3.05, 3.63) is 29.8 Å². The largest absolute Gasteiger partial charge is 0.497 e. The molecule has 0 spiro atoms. The van der Waals surface area contributed by atoms with Crippen LogP contribution >= 0.6 is 0 Å². The van der Waals surface area contributed by atoms with Crippen molar-refractivity contribution in [3.63, 3.8) is 0 Å². The van der Waals surface area contributed by atoms with Gasteiger partial charge in [0, 0.05) is 0 Å². The van der Waals surface area contributed by atoms with E-state index in [0.29, 0.717) is 6.61 Å². The van der Waals surface area contributed by atoms with Gasteiger partial charge in [-0.1, -0.05) is 76.8 Å². The van der Waals surface area contributed by atoms with E-state index in [9.17, 15) is 4.79 Å². The van der Waals surface area contributed by atoms with Crippen LogP contribution < -0.4 is 4.74 Å². The molecule has 0 aliphatic carbocycles. The zero-order valence-electron chi connectivity index (χ0n) is 16.5. The van der Waals surface area contributed by atoms with E-state index < -0.39 is 5.97 Å². The molecule has 4 nitrogen and oxygen atoms in total. The summed E-state index contributed by atoms with van der Waals surface area (Å²) in [5, 5.41) is 9.10. The highest BCUT2D eigenvalue weighted by atomic mass is 16.5. The third-order valence-electron chi connectivity index (χ3n) is 4.68. The van der Waals surface area contributed by atoms with Crippen molar-refractivity contribution in [1.29, 1.82) is 0 Å². The van der Waals surface area contributed by atoms with Crippen LogP contribution in [0.15, 0.2) is 24.3 Å². The number of hydrogen-bond acceptors (Lipinski definition) is 3. The Morgan fingerprint density at radius 1 is 0.962 bits per heavy atom. The van der Waals surface area contributed by atoms with E-state index in [1.54, 1.807) is 7.11 Å². The number of carboxylic acid groups (broad SMARTS) is 1. The van der Waals surface area contributed by atoms with Crippen LogP contribution in [0.3, 0.4) is 0 Å². The van der Waals surface area contributed by atoms with Gasteiger partial charge in [-0.15, -0.1) is 0 Å². The summed E-state index contributed by atoms with van der Waals surface area (Å²) >= 11 is 0. The molecule has 0 saturated heterocycles. The molecule has 1 atom stereocenters. The minimum atomic E-state index is -0.791. The van der Waals surface area contributed by atoms with Gasteiger partial charge in [0.05, 0.1) is 26.2 Å². The second-order valence-corrected chi connectivity index (χ2v) is 7.00. The molecule has 0 heterocycles. The fourth-order valence-electron chi connectivity index (χ4n) is 3.06. The molecular weight excluding hydrogens is 328 g/mol. The van der Waals surface area contributed by atoms with Crippen molar-refractivity contribution >= 4 is 5.97 Å². The minimum absolute atomic E-state index is 0.0766. The molecule has 1 rings (SSSR count). The first-order valence-corrected chi connectivity index (χ1v) is 10.1. The highest BCUT2D eigenvalue weighted by Crippen LogP contribution is 2.17. The zero-order chi connectivity index (χ0) is 19.0. The molecule has 148 valence electrons. The summed E-state index contributed by atoms with van der Waals surface area (Å²) in [6.07, 6.45) is 12.1. The smallest absolute Gasteiger partial charge is 0.305 e. The Kier molecular flexibility index (Phi) is 12.6. The first kappa shape index (κ1) is 22.5. The van der Waals surface area contributed by atoms with Crippen LogP contribution in [0.1, 0.15) is 83.1 Å². The lowest BCUT2D eigenvalue weighted by Gasteiger charge is -2.16. The number of unbranched alkanes of at least 4 members (excludes halogenated alkanes) is 8. The summed E-state index contributed by atoms with van der Waals surface area (Å²) in [6.45, 7) is 2.68. The Morgan fingerprint density at radius 3 is 2.08 bits per heavy atom. The van der Waals surface area contributed by atoms with Crippen molar-refractivity contribution in [2.45, 2.75) is 90.3 Å². The average molecular weight is 365 g/mol. The van der Waals surface area contributed by atoms with Crippen LogP contribution in [-0.4, -0.2) is 24.3 Å². The highest BCUT2D eigenvalue weighted by Gasteiger charge is 2.13. The van der Waals surface area contributed by atoms with Crippen molar-refractivity contribution in [2.75, 3.05) is 7.11 Å². The standard InChI is InChI=1S/C22H36O4/c1-3-4-5-6-7-8-9-10-11-12-21(17-22(23)24)26-18-19-13-15-20(25-2)16-14-19/h13-16,21H,3-12,17-18H2,1-2H3,(H,23,24). The SMILES string of the molecule is CCCCCCCCCCCC(CC(=O)O)OCc1ccc(OC)cc1. The van der Waals surface area contributed by atoms with E-state index in [-0.39, 0.29) is 12.5 Å². The third kappa shape index (κ3) is 11.1. The molecule has 0 bridgehead atoms. The summed E-state index contributed by atoms with van der Waals surface area (Å²) in [6, 6.07) is 7.70. The van der Waals surface area contributed by atoms with Crippen molar-refractivity contribution in [1.82, 2.24) is 0 Å². The van der Waals surface area contributed by atoms with E-state index in [0.717, 1.165) is 30.6 Å². The molecule has 0 aromatic heterocycles. The Balaban J connectivity index is 2.20. The molecule has 0 aliphatic rings. The molecule has 0 saturated carbocycles. The lowest BCUT2D eigenvalue weighted by Crippen LogP contribution is -2.17. The van der Waals surface area contributed by atoms with Crippen LogP contribution in [0.25, 0.3) is 0 Å². The van der Waals surface area contributed by atoms with Crippen LogP contribution in [-0.2, 0) is 16.1 Å². The van der Waals surface area contributed by atoms with Crippen LogP contribution in [0.5, 0.6) is 5.75 Å². The number of benzene rings is 1. The average Bonchev–Trinajstić information content (AvgIpc) is 2.64. The second kappa shape index (κ2) is 14.6. The number of carboxylic acids is 1. The van der Waals surface area contributed by atoms with Gasteiger partial charge in [-0.05, 0) is 24.1 Å². The number of ether oxygens (including phenoxy) is 2. The van der Waals surface area contributed by atoms with Gasteiger partial charge in [0.25, 0.3) is 0 Å². The van der Waals surface area contributed by atoms with Crippen LogP contribution in [0.4, 0.5) is 0 Å². The Morgan fingerprint density at radius 2 is 1.54 bits per heavy atom. The number of aliphatic carboxylic acids is 1. The molecule has 1 aromatic carbocycles. The number of rotatable bonds is 16. The van der Waals surface area contributed by atoms with Gasteiger partial charge < -0.3 is 14.6 Å². The van der Waals surface area contributed by atoms with Gasteiger partial charge in [-0.25, -0.2) is 0 Å². The maximum atomic E-state index is 11.1. The van der Waals surface area contributed by atoms with E-state index in [2.05, 4.69) is 6.92 Å². The number of carbonyl (C=O) groups is 1. The van der Waals surface area contributed by atoms with Gasteiger partial charge in [0.1, 0.15) is 5.75 Å². The van der Waals surface area contributed by atoms with E-state index in [1.165, 1.54) is 44.9 Å². The maximum absolute atomic E-state index is 11.1. The zero-order valence-corrected chi connectivity index (χ0v) is 16.5. The van der Waals surface area contributed by atoms with Gasteiger partial charge in [-0.3, -0.25) is 4.79 Å². The molecular formula is C22H36O4. The molecule has 0 fully saturated rings. The summed E-state index contributed by atoms with van der Waals surface area (Å²) in [5.74, 6) is 0.0196. The van der Waals surface area contributed by atoms with Gasteiger partial charge in [-0.2, -0.15) is 0 Å². The molecule has 26 heavy (non-hydrogen) atoms. The summed E-state index contributed by atoms with van der Waals surface area (Å²) in [5.41, 5.74) is 1.04. The molecule has 0 radical (unpaired) electrons. The predicted molar refractivity (Wildman–Crippen MR) is 106 cm³/mol. The van der Waals surface area contributed by atoms with Crippen molar-refractivity contribution < 1.29 is 19.4 Å². The second-order valence-electron chi connectivity index (χ2n) is 7.00. The molecule has 1 aromatic rings. The lowest BCUT2D eigenvalue weighted by atomic mass is 10.0. The summed E-state index contributed by atoms with van der Waals surface area (Å²) in [7, 11) is 1.64. The molecule has 0 amide bonds. The monoisotopic (exact) mass is 364 g/mol. The van der Waals surface area contributed by atoms with E-state index in [1.807, 2.05) is 24.3 Å². The quantitative estimate of drug-likeness (QED) is 0.367. The highest BCUT2D eigenvalue weighted by molar-refractivity contribution is 5.67. The van der Waals surface area contributed by atoms with Crippen molar-refractivity contribution in [2.24, 2.45) is 0 Å². The van der Waals surface area contributed by atoms with Gasteiger partial charge in [0.15, 0.2) is 0 Å². The first-order valence-electron chi connectivity index (χ1n) is 10.1.